The Morgan fingerprint density at radius 3 is 2.81 bits per heavy atom. The summed E-state index contributed by atoms with van der Waals surface area (Å²) in [4.78, 5) is 15.9. The first-order chi connectivity index (χ1) is 9.95. The molecule has 0 aliphatic carbocycles. The molecule has 0 amide bonds. The molecule has 2 aromatic rings. The lowest BCUT2D eigenvalue weighted by Gasteiger charge is -2.22. The summed E-state index contributed by atoms with van der Waals surface area (Å²) in [6, 6.07) is 0. The molecule has 5 nitrogen and oxygen atoms in total. The van der Waals surface area contributed by atoms with Gasteiger partial charge in [0.25, 0.3) is 0 Å². The predicted octanol–water partition coefficient (Wildman–Crippen LogP) is 3.00. The molecule has 3 heterocycles. The number of aromatic nitrogens is 4. The van der Waals surface area contributed by atoms with Crippen molar-refractivity contribution in [3.63, 3.8) is 0 Å². The number of hydrogen-bond donors (Lipinski definition) is 1. The molecule has 2 aromatic heterocycles. The van der Waals surface area contributed by atoms with Crippen LogP contribution in [0.15, 0.2) is 6.33 Å². The zero-order valence-corrected chi connectivity index (χ0v) is 11.6. The molecular formula is C13H16F3N5. The average molecular weight is 299 g/mol. The number of halogens is 3. The molecule has 1 aliphatic heterocycles. The highest BCUT2D eigenvalue weighted by atomic mass is 19.4. The molecule has 1 unspecified atom stereocenters. The van der Waals surface area contributed by atoms with E-state index in [9.17, 15) is 13.2 Å². The van der Waals surface area contributed by atoms with Gasteiger partial charge < -0.3 is 9.88 Å². The minimum atomic E-state index is -4.57. The van der Waals surface area contributed by atoms with Crippen LogP contribution in [0, 0.1) is 5.92 Å². The summed E-state index contributed by atoms with van der Waals surface area (Å²) in [5, 5.41) is 0. The molecule has 8 heteroatoms. The van der Waals surface area contributed by atoms with Gasteiger partial charge in [-0.05, 0) is 25.2 Å². The number of rotatable bonds is 1. The van der Waals surface area contributed by atoms with E-state index >= 15 is 0 Å². The van der Waals surface area contributed by atoms with Crippen LogP contribution in [0.1, 0.15) is 32.0 Å². The van der Waals surface area contributed by atoms with Crippen molar-refractivity contribution in [2.75, 3.05) is 18.0 Å². The number of nitrogens with one attached hydrogen (secondary N) is 1. The number of nitrogens with zero attached hydrogens (tertiary/aromatic N) is 4. The zero-order valence-electron chi connectivity index (χ0n) is 11.6. The topological polar surface area (TPSA) is 57.7 Å². The third-order valence-electron chi connectivity index (χ3n) is 3.84. The molecule has 0 radical (unpaired) electrons. The fourth-order valence-electron chi connectivity index (χ4n) is 2.65. The molecule has 21 heavy (non-hydrogen) atoms. The monoisotopic (exact) mass is 299 g/mol. The van der Waals surface area contributed by atoms with Gasteiger partial charge in [-0.15, -0.1) is 0 Å². The van der Waals surface area contributed by atoms with Gasteiger partial charge in [0.2, 0.25) is 5.82 Å². The number of anilines is 1. The third kappa shape index (κ3) is 2.79. The van der Waals surface area contributed by atoms with Crippen molar-refractivity contribution >= 4 is 17.0 Å². The van der Waals surface area contributed by atoms with E-state index in [1.165, 1.54) is 6.33 Å². The van der Waals surface area contributed by atoms with Crippen LogP contribution in [0.5, 0.6) is 0 Å². The highest BCUT2D eigenvalue weighted by Gasteiger charge is 2.36. The van der Waals surface area contributed by atoms with E-state index in [1.807, 2.05) is 4.90 Å². The van der Waals surface area contributed by atoms with Crippen LogP contribution in [0.25, 0.3) is 11.2 Å². The second-order valence-electron chi connectivity index (χ2n) is 5.49. The van der Waals surface area contributed by atoms with Crippen LogP contribution in [-0.4, -0.2) is 33.0 Å². The van der Waals surface area contributed by atoms with Gasteiger partial charge in [-0.2, -0.15) is 13.2 Å². The molecular weight excluding hydrogens is 283 g/mol. The minimum absolute atomic E-state index is 0.0598. The van der Waals surface area contributed by atoms with Crippen molar-refractivity contribution in [1.82, 2.24) is 19.9 Å². The Balaban J connectivity index is 2.05. The van der Waals surface area contributed by atoms with Crippen molar-refractivity contribution in [3.8, 4) is 0 Å². The van der Waals surface area contributed by atoms with Gasteiger partial charge in [0, 0.05) is 13.1 Å². The van der Waals surface area contributed by atoms with Gasteiger partial charge in [0.1, 0.15) is 5.52 Å². The van der Waals surface area contributed by atoms with Crippen molar-refractivity contribution in [3.05, 3.63) is 12.2 Å². The third-order valence-corrected chi connectivity index (χ3v) is 3.84. The Bertz CT molecular complexity index is 636. The van der Waals surface area contributed by atoms with Crippen molar-refractivity contribution in [2.45, 2.75) is 32.4 Å². The molecule has 1 aliphatic rings. The highest BCUT2D eigenvalue weighted by molar-refractivity contribution is 5.83. The number of H-pyrrole nitrogens is 1. The molecule has 114 valence electrons. The fraction of sp³-hybridized carbons (Fsp3) is 0.615. The van der Waals surface area contributed by atoms with Crippen LogP contribution in [0.4, 0.5) is 19.0 Å². The molecule has 0 bridgehead atoms. The lowest BCUT2D eigenvalue weighted by atomic mass is 10.0. The van der Waals surface area contributed by atoms with Crippen LogP contribution in [-0.2, 0) is 6.18 Å². The van der Waals surface area contributed by atoms with E-state index in [4.69, 9.17) is 0 Å². The fourth-order valence-corrected chi connectivity index (χ4v) is 2.65. The lowest BCUT2D eigenvalue weighted by molar-refractivity contribution is -0.144. The van der Waals surface area contributed by atoms with Gasteiger partial charge in [-0.3, -0.25) is 0 Å². The SMILES string of the molecule is CC1CCCN(c2nc(C(F)(F)F)nc3nc[nH]c23)CC1. The molecule has 0 spiro atoms. The summed E-state index contributed by atoms with van der Waals surface area (Å²) in [6.45, 7) is 3.56. The predicted molar refractivity (Wildman–Crippen MR) is 71.9 cm³/mol. The lowest BCUT2D eigenvalue weighted by Crippen LogP contribution is -2.27. The van der Waals surface area contributed by atoms with Crippen LogP contribution in [0.2, 0.25) is 0 Å². The van der Waals surface area contributed by atoms with E-state index in [1.54, 1.807) is 0 Å². The standard InChI is InChI=1S/C13H16F3N5/c1-8-3-2-5-21(6-4-8)11-9-10(18-7-17-9)19-12(20-11)13(14,15)16/h7-8H,2-6H2,1H3,(H,17,18,19,20). The summed E-state index contributed by atoms with van der Waals surface area (Å²) < 4.78 is 38.8. The first kappa shape index (κ1) is 14.1. The van der Waals surface area contributed by atoms with E-state index < -0.39 is 12.0 Å². The van der Waals surface area contributed by atoms with Crippen LogP contribution >= 0.6 is 0 Å². The van der Waals surface area contributed by atoms with Gasteiger partial charge >= 0.3 is 6.18 Å². The highest BCUT2D eigenvalue weighted by Crippen LogP contribution is 2.31. The summed E-state index contributed by atoms with van der Waals surface area (Å²) in [6.07, 6.45) is -0.243. The molecule has 1 fully saturated rings. The molecule has 1 atom stereocenters. The first-order valence-corrected chi connectivity index (χ1v) is 6.98. The Morgan fingerprint density at radius 2 is 2.05 bits per heavy atom. The summed E-state index contributed by atoms with van der Waals surface area (Å²) >= 11 is 0. The van der Waals surface area contributed by atoms with Gasteiger partial charge in [-0.1, -0.05) is 6.92 Å². The summed E-state index contributed by atoms with van der Waals surface area (Å²) in [7, 11) is 0. The van der Waals surface area contributed by atoms with Crippen LogP contribution < -0.4 is 4.90 Å². The molecule has 0 aromatic carbocycles. The maximum absolute atomic E-state index is 12.9. The second kappa shape index (κ2) is 5.16. The Kier molecular flexibility index (Phi) is 3.46. The number of alkyl halides is 3. The Morgan fingerprint density at radius 1 is 1.24 bits per heavy atom. The van der Waals surface area contributed by atoms with Crippen molar-refractivity contribution in [2.24, 2.45) is 5.92 Å². The number of imidazole rings is 1. The maximum Gasteiger partial charge on any atom is 0.451 e. The molecule has 3 rings (SSSR count). The molecule has 1 N–H and O–H groups in total. The second-order valence-corrected chi connectivity index (χ2v) is 5.49. The summed E-state index contributed by atoms with van der Waals surface area (Å²) in [5.41, 5.74) is 0.530. The molecule has 1 saturated heterocycles. The normalized spacial score (nSPS) is 20.8. The van der Waals surface area contributed by atoms with Crippen molar-refractivity contribution < 1.29 is 13.2 Å². The van der Waals surface area contributed by atoms with E-state index in [-0.39, 0.29) is 5.65 Å². The quantitative estimate of drug-likeness (QED) is 0.879. The van der Waals surface area contributed by atoms with E-state index in [2.05, 4.69) is 26.9 Å². The van der Waals surface area contributed by atoms with Gasteiger partial charge in [-0.25, -0.2) is 15.0 Å². The minimum Gasteiger partial charge on any atom is -0.355 e. The smallest absolute Gasteiger partial charge is 0.355 e. The van der Waals surface area contributed by atoms with Gasteiger partial charge in [0.15, 0.2) is 11.5 Å². The number of fused-ring (bicyclic) bond motifs is 1. The first-order valence-electron chi connectivity index (χ1n) is 6.98. The van der Waals surface area contributed by atoms with E-state index in [0.29, 0.717) is 30.3 Å². The number of aromatic amines is 1. The Labute approximate surface area is 119 Å². The number of hydrogen-bond acceptors (Lipinski definition) is 4. The van der Waals surface area contributed by atoms with Crippen LogP contribution in [0.3, 0.4) is 0 Å². The van der Waals surface area contributed by atoms with E-state index in [0.717, 1.165) is 19.3 Å². The zero-order chi connectivity index (χ0) is 15.0. The Hall–Kier alpha value is -1.86. The largest absolute Gasteiger partial charge is 0.451 e. The molecule has 0 saturated carbocycles. The average Bonchev–Trinajstić information content (AvgIpc) is 2.79. The van der Waals surface area contributed by atoms with Crippen molar-refractivity contribution in [1.29, 1.82) is 0 Å². The summed E-state index contributed by atoms with van der Waals surface area (Å²) in [5.74, 6) is -0.246. The maximum atomic E-state index is 12.9. The van der Waals surface area contributed by atoms with Gasteiger partial charge in [0.05, 0.1) is 6.33 Å².